The quantitative estimate of drug-likeness (QED) is 0.577. The summed E-state index contributed by atoms with van der Waals surface area (Å²) in [4.78, 5) is 2.41. The van der Waals surface area contributed by atoms with Gasteiger partial charge < -0.3 is 4.74 Å². The second-order valence-corrected chi connectivity index (χ2v) is 6.86. The third kappa shape index (κ3) is 2.47. The first-order chi connectivity index (χ1) is 9.81. The van der Waals surface area contributed by atoms with Gasteiger partial charge in [-0.2, -0.15) is 0 Å². The van der Waals surface area contributed by atoms with Gasteiger partial charge in [-0.25, -0.2) is 10.4 Å². The van der Waals surface area contributed by atoms with Crippen LogP contribution in [0.1, 0.15) is 19.3 Å². The minimum absolute atomic E-state index is 0.198. The van der Waals surface area contributed by atoms with E-state index in [2.05, 4.69) is 26.0 Å². The lowest BCUT2D eigenvalue weighted by atomic mass is 9.83. The molecule has 3 heterocycles. The van der Waals surface area contributed by atoms with E-state index in [0.717, 1.165) is 39.3 Å². The Morgan fingerprint density at radius 2 is 1.90 bits per heavy atom. The molecule has 20 heavy (non-hydrogen) atoms. The van der Waals surface area contributed by atoms with Crippen LogP contribution in [0.25, 0.3) is 0 Å². The molecule has 7 heteroatoms. The van der Waals surface area contributed by atoms with Crippen molar-refractivity contribution in [2.45, 2.75) is 43.3 Å². The molecule has 0 spiro atoms. The monoisotopic (exact) mass is 301 g/mol. The van der Waals surface area contributed by atoms with Gasteiger partial charge in [0.15, 0.2) is 0 Å². The summed E-state index contributed by atoms with van der Waals surface area (Å²) in [6.45, 7) is 4.70. The Morgan fingerprint density at radius 1 is 1.05 bits per heavy atom. The van der Waals surface area contributed by atoms with Crippen LogP contribution < -0.4 is 16.1 Å². The smallest absolute Gasteiger partial charge is 0.129 e. The van der Waals surface area contributed by atoms with Gasteiger partial charge in [-0.3, -0.25) is 15.5 Å². The molecule has 0 radical (unpaired) electrons. The first kappa shape index (κ1) is 13.7. The molecule has 114 valence electrons. The molecule has 0 bridgehead atoms. The van der Waals surface area contributed by atoms with Crippen molar-refractivity contribution < 1.29 is 4.74 Å². The Morgan fingerprint density at radius 3 is 2.75 bits per heavy atom. The molecule has 1 aliphatic carbocycles. The third-order valence-electron chi connectivity index (χ3n) is 5.06. The van der Waals surface area contributed by atoms with E-state index in [9.17, 15) is 0 Å². The molecule has 0 amide bonds. The highest BCUT2D eigenvalue weighted by molar-refractivity contribution is 6.21. The molecule has 4 fully saturated rings. The molecular weight excluding hydrogens is 278 g/mol. The van der Waals surface area contributed by atoms with Gasteiger partial charge in [0, 0.05) is 31.1 Å². The number of hydrogen-bond acceptors (Lipinski definition) is 6. The van der Waals surface area contributed by atoms with Gasteiger partial charge in [-0.15, -0.1) is 11.6 Å². The summed E-state index contributed by atoms with van der Waals surface area (Å²) >= 11 is 6.51. The first-order valence-corrected chi connectivity index (χ1v) is 8.26. The largest absolute Gasteiger partial charge is 0.379 e. The lowest BCUT2D eigenvalue weighted by Gasteiger charge is -2.45. The van der Waals surface area contributed by atoms with Gasteiger partial charge in [0.1, 0.15) is 12.6 Å². The standard InChI is InChI=1S/C13H24ClN5O/c14-10-3-1-2-9-8-19-12(15-11(9)10)16-13(17-19)18-4-6-20-7-5-18/h9-13,15-17H,1-8H2. The number of morpholine rings is 1. The van der Waals surface area contributed by atoms with E-state index in [1.807, 2.05) is 0 Å². The van der Waals surface area contributed by atoms with Crippen LogP contribution in [0.4, 0.5) is 0 Å². The Bertz CT molecular complexity index is 354. The average Bonchev–Trinajstić information content (AvgIpc) is 2.90. The van der Waals surface area contributed by atoms with E-state index in [1.165, 1.54) is 12.8 Å². The normalized spacial score (nSPS) is 47.0. The topological polar surface area (TPSA) is 51.8 Å². The zero-order chi connectivity index (χ0) is 13.5. The Hall–Kier alpha value is 0.0500. The van der Waals surface area contributed by atoms with Crippen molar-refractivity contribution in [2.75, 3.05) is 32.8 Å². The lowest BCUT2D eigenvalue weighted by Crippen LogP contribution is -2.65. The van der Waals surface area contributed by atoms with Crippen LogP contribution in [-0.4, -0.2) is 66.8 Å². The molecule has 4 rings (SSSR count). The van der Waals surface area contributed by atoms with Crippen LogP contribution in [0.15, 0.2) is 0 Å². The van der Waals surface area contributed by atoms with Crippen LogP contribution >= 0.6 is 11.6 Å². The van der Waals surface area contributed by atoms with Crippen molar-refractivity contribution >= 4 is 11.6 Å². The Labute approximate surface area is 125 Å². The second-order valence-electron chi connectivity index (χ2n) is 6.30. The number of fused-ring (bicyclic) bond motifs is 2. The highest BCUT2D eigenvalue weighted by Crippen LogP contribution is 2.32. The molecule has 5 atom stereocenters. The zero-order valence-electron chi connectivity index (χ0n) is 11.7. The van der Waals surface area contributed by atoms with Gasteiger partial charge in [0.2, 0.25) is 0 Å². The maximum atomic E-state index is 6.51. The predicted octanol–water partition coefficient (Wildman–Crippen LogP) is -0.325. The predicted molar refractivity (Wildman–Crippen MR) is 76.9 cm³/mol. The summed E-state index contributed by atoms with van der Waals surface area (Å²) < 4.78 is 5.43. The van der Waals surface area contributed by atoms with Gasteiger partial charge in [-0.1, -0.05) is 6.42 Å². The van der Waals surface area contributed by atoms with E-state index in [0.29, 0.717) is 12.0 Å². The summed E-state index contributed by atoms with van der Waals surface area (Å²) in [5.74, 6) is 0.667. The molecule has 0 aromatic heterocycles. The molecule has 0 aromatic rings. The second kappa shape index (κ2) is 5.68. The molecule has 0 aromatic carbocycles. The van der Waals surface area contributed by atoms with Gasteiger partial charge in [0.25, 0.3) is 0 Å². The number of nitrogens with one attached hydrogen (secondary N) is 3. The molecule has 1 saturated carbocycles. The van der Waals surface area contributed by atoms with Crippen molar-refractivity contribution in [2.24, 2.45) is 5.92 Å². The van der Waals surface area contributed by atoms with Crippen LogP contribution in [-0.2, 0) is 4.74 Å². The summed E-state index contributed by atoms with van der Waals surface area (Å²) in [6, 6.07) is 0.449. The minimum Gasteiger partial charge on any atom is -0.379 e. The number of hydrogen-bond donors (Lipinski definition) is 3. The number of ether oxygens (including phenoxy) is 1. The van der Waals surface area contributed by atoms with Gasteiger partial charge in [-0.05, 0) is 18.8 Å². The highest BCUT2D eigenvalue weighted by Gasteiger charge is 2.45. The fraction of sp³-hybridized carbons (Fsp3) is 1.00. The number of hydrazine groups is 1. The maximum Gasteiger partial charge on any atom is 0.129 e. The number of halogens is 1. The van der Waals surface area contributed by atoms with E-state index in [4.69, 9.17) is 16.3 Å². The first-order valence-electron chi connectivity index (χ1n) is 7.82. The molecular formula is C13H24ClN5O. The van der Waals surface area contributed by atoms with Crippen LogP contribution in [0.3, 0.4) is 0 Å². The van der Waals surface area contributed by atoms with Crippen molar-refractivity contribution in [1.82, 2.24) is 26.0 Å². The zero-order valence-corrected chi connectivity index (χ0v) is 12.5. The molecule has 3 aliphatic heterocycles. The fourth-order valence-electron chi connectivity index (χ4n) is 3.94. The Balaban J connectivity index is 1.41. The fourth-order valence-corrected chi connectivity index (χ4v) is 4.37. The van der Waals surface area contributed by atoms with Gasteiger partial charge >= 0.3 is 0 Å². The van der Waals surface area contributed by atoms with Crippen LogP contribution in [0.5, 0.6) is 0 Å². The molecule has 3 N–H and O–H groups in total. The summed E-state index contributed by atoms with van der Waals surface area (Å²) in [7, 11) is 0. The summed E-state index contributed by atoms with van der Waals surface area (Å²) in [5.41, 5.74) is 3.60. The van der Waals surface area contributed by atoms with E-state index >= 15 is 0 Å². The van der Waals surface area contributed by atoms with Crippen molar-refractivity contribution in [1.29, 1.82) is 0 Å². The van der Waals surface area contributed by atoms with Crippen molar-refractivity contribution in [3.8, 4) is 0 Å². The number of alkyl halides is 1. The molecule has 6 nitrogen and oxygen atoms in total. The van der Waals surface area contributed by atoms with Crippen LogP contribution in [0, 0.1) is 5.92 Å². The SMILES string of the molecule is ClC1CCCC2CN3NC(N4CCOCC4)NC3NC12. The van der Waals surface area contributed by atoms with Crippen molar-refractivity contribution in [3.63, 3.8) is 0 Å². The average molecular weight is 302 g/mol. The van der Waals surface area contributed by atoms with E-state index < -0.39 is 0 Å². The molecule has 4 aliphatic rings. The number of rotatable bonds is 1. The molecule has 3 saturated heterocycles. The maximum absolute atomic E-state index is 6.51. The summed E-state index contributed by atoms with van der Waals surface area (Å²) in [6.07, 6.45) is 4.10. The van der Waals surface area contributed by atoms with E-state index in [1.54, 1.807) is 0 Å². The Kier molecular flexibility index (Phi) is 3.89. The third-order valence-corrected chi connectivity index (χ3v) is 5.55. The lowest BCUT2D eigenvalue weighted by molar-refractivity contribution is -0.00430. The van der Waals surface area contributed by atoms with Crippen LogP contribution in [0.2, 0.25) is 0 Å². The van der Waals surface area contributed by atoms with E-state index in [-0.39, 0.29) is 18.0 Å². The molecule has 5 unspecified atom stereocenters. The van der Waals surface area contributed by atoms with Crippen molar-refractivity contribution in [3.05, 3.63) is 0 Å². The van der Waals surface area contributed by atoms with Gasteiger partial charge in [0.05, 0.1) is 13.2 Å². The highest BCUT2D eigenvalue weighted by atomic mass is 35.5. The minimum atomic E-state index is 0.198. The summed E-state index contributed by atoms with van der Waals surface area (Å²) in [5, 5.41) is 9.92. The number of nitrogens with zero attached hydrogens (tertiary/aromatic N) is 2.